The van der Waals surface area contributed by atoms with Crippen LogP contribution in [0.25, 0.3) is 16.6 Å². The average molecular weight is 362 g/mol. The molecule has 5 nitrogen and oxygen atoms in total. The molecule has 0 saturated carbocycles. The minimum atomic E-state index is -4.57. The van der Waals surface area contributed by atoms with E-state index < -0.39 is 17.7 Å². The van der Waals surface area contributed by atoms with Gasteiger partial charge < -0.3 is 15.0 Å². The number of aromatic carboxylic acids is 1. The number of fused-ring (bicyclic) bond motifs is 1. The van der Waals surface area contributed by atoms with Gasteiger partial charge in [-0.25, -0.2) is 4.79 Å². The summed E-state index contributed by atoms with van der Waals surface area (Å²) >= 11 is 0. The summed E-state index contributed by atoms with van der Waals surface area (Å²) in [7, 11) is 1.37. The molecule has 0 unspecified atom stereocenters. The number of carboxylic acid groups (broad SMARTS) is 1. The highest BCUT2D eigenvalue weighted by Gasteiger charge is 2.34. The van der Waals surface area contributed by atoms with Crippen molar-refractivity contribution in [2.24, 2.45) is 0 Å². The van der Waals surface area contributed by atoms with Gasteiger partial charge in [0.05, 0.1) is 16.6 Å². The number of carbonyl (C=O) groups excluding carboxylic acids is 1. The SMILES string of the molecule is CNc1cc2c(C=O)cn(-c3ccc(C(=O)O)cc3)c2cc1C(F)(F)F. The molecule has 0 radical (unpaired) electrons. The number of hydrogen-bond donors (Lipinski definition) is 2. The van der Waals surface area contributed by atoms with Gasteiger partial charge in [-0.15, -0.1) is 0 Å². The normalized spacial score (nSPS) is 11.5. The Balaban J connectivity index is 2.28. The highest BCUT2D eigenvalue weighted by atomic mass is 19.4. The fourth-order valence-corrected chi connectivity index (χ4v) is 2.81. The number of hydrogen-bond acceptors (Lipinski definition) is 3. The summed E-state index contributed by atoms with van der Waals surface area (Å²) in [4.78, 5) is 22.3. The van der Waals surface area contributed by atoms with Crippen LogP contribution in [0, 0.1) is 0 Å². The molecule has 1 aromatic heterocycles. The van der Waals surface area contributed by atoms with E-state index >= 15 is 0 Å². The first-order chi connectivity index (χ1) is 12.3. The van der Waals surface area contributed by atoms with Gasteiger partial charge in [-0.3, -0.25) is 4.79 Å². The molecule has 0 aliphatic heterocycles. The number of nitrogens with zero attached hydrogens (tertiary/aromatic N) is 1. The molecule has 26 heavy (non-hydrogen) atoms. The van der Waals surface area contributed by atoms with Crippen molar-refractivity contribution in [1.29, 1.82) is 0 Å². The molecule has 0 saturated heterocycles. The third kappa shape index (κ3) is 2.90. The highest BCUT2D eigenvalue weighted by molar-refractivity contribution is 6.00. The first-order valence-corrected chi connectivity index (χ1v) is 7.49. The van der Waals surface area contributed by atoms with E-state index in [0.717, 1.165) is 6.07 Å². The first-order valence-electron chi connectivity index (χ1n) is 7.49. The second-order valence-electron chi connectivity index (χ2n) is 5.59. The summed E-state index contributed by atoms with van der Waals surface area (Å²) in [6.45, 7) is 0. The van der Waals surface area contributed by atoms with Gasteiger partial charge >= 0.3 is 12.1 Å². The lowest BCUT2D eigenvalue weighted by Gasteiger charge is -2.14. The van der Waals surface area contributed by atoms with Crippen LogP contribution in [0.2, 0.25) is 0 Å². The van der Waals surface area contributed by atoms with E-state index in [-0.39, 0.29) is 22.3 Å². The first kappa shape index (κ1) is 17.5. The number of aromatic nitrogens is 1. The Bertz CT molecular complexity index is 1010. The van der Waals surface area contributed by atoms with Crippen molar-refractivity contribution in [2.75, 3.05) is 12.4 Å². The van der Waals surface area contributed by atoms with Gasteiger partial charge in [-0.2, -0.15) is 13.2 Å². The number of anilines is 1. The summed E-state index contributed by atoms with van der Waals surface area (Å²) < 4.78 is 41.5. The number of alkyl halides is 3. The van der Waals surface area contributed by atoms with Gasteiger partial charge in [-0.05, 0) is 36.4 Å². The van der Waals surface area contributed by atoms with Gasteiger partial charge in [0.2, 0.25) is 0 Å². The number of nitrogens with one attached hydrogen (secondary N) is 1. The summed E-state index contributed by atoms with van der Waals surface area (Å²) in [6, 6.07) is 7.88. The van der Waals surface area contributed by atoms with Crippen molar-refractivity contribution >= 4 is 28.8 Å². The second-order valence-corrected chi connectivity index (χ2v) is 5.59. The Hall–Kier alpha value is -3.29. The molecule has 3 rings (SSSR count). The largest absolute Gasteiger partial charge is 0.478 e. The Morgan fingerprint density at radius 2 is 1.85 bits per heavy atom. The monoisotopic (exact) mass is 362 g/mol. The minimum absolute atomic E-state index is 0.0503. The van der Waals surface area contributed by atoms with E-state index in [0.29, 0.717) is 17.4 Å². The van der Waals surface area contributed by atoms with Crippen molar-refractivity contribution in [1.82, 2.24) is 4.57 Å². The lowest BCUT2D eigenvalue weighted by molar-refractivity contribution is -0.136. The van der Waals surface area contributed by atoms with Gasteiger partial charge in [0, 0.05) is 35.6 Å². The van der Waals surface area contributed by atoms with Crippen molar-refractivity contribution in [3.8, 4) is 5.69 Å². The van der Waals surface area contributed by atoms with Crippen molar-refractivity contribution in [3.63, 3.8) is 0 Å². The summed E-state index contributed by atoms with van der Waals surface area (Å²) in [5, 5.41) is 11.8. The Labute approximate surface area is 145 Å². The molecule has 0 aliphatic rings. The maximum atomic E-state index is 13.3. The summed E-state index contributed by atoms with van der Waals surface area (Å²) in [6.07, 6.45) is -2.58. The molecule has 2 N–H and O–H groups in total. The topological polar surface area (TPSA) is 71.3 Å². The van der Waals surface area contributed by atoms with Crippen LogP contribution in [0.1, 0.15) is 26.3 Å². The molecule has 0 aliphatic carbocycles. The predicted octanol–water partition coefficient (Wildman–Crippen LogP) is 4.20. The third-order valence-corrected chi connectivity index (χ3v) is 4.07. The fraction of sp³-hybridized carbons (Fsp3) is 0.111. The van der Waals surface area contributed by atoms with E-state index in [1.807, 2.05) is 0 Å². The molecule has 1 heterocycles. The van der Waals surface area contributed by atoms with Gasteiger partial charge in [0.1, 0.15) is 0 Å². The number of carbonyl (C=O) groups is 2. The zero-order valence-corrected chi connectivity index (χ0v) is 13.5. The molecular formula is C18H13F3N2O3. The van der Waals surface area contributed by atoms with E-state index in [9.17, 15) is 22.8 Å². The van der Waals surface area contributed by atoms with Crippen molar-refractivity contribution in [3.05, 3.63) is 59.3 Å². The third-order valence-electron chi connectivity index (χ3n) is 4.07. The maximum Gasteiger partial charge on any atom is 0.418 e. The van der Waals surface area contributed by atoms with Crippen LogP contribution in [0.15, 0.2) is 42.6 Å². The zero-order chi connectivity index (χ0) is 19.1. The zero-order valence-electron chi connectivity index (χ0n) is 13.5. The van der Waals surface area contributed by atoms with E-state index in [4.69, 9.17) is 5.11 Å². The molecule has 0 amide bonds. The number of carboxylic acids is 1. The molecule has 8 heteroatoms. The van der Waals surface area contributed by atoms with Crippen LogP contribution in [0.3, 0.4) is 0 Å². The van der Waals surface area contributed by atoms with Crippen molar-refractivity contribution < 1.29 is 27.9 Å². The fourth-order valence-electron chi connectivity index (χ4n) is 2.81. The second kappa shape index (κ2) is 6.21. The van der Waals surface area contributed by atoms with Crippen LogP contribution in [-0.2, 0) is 6.18 Å². The van der Waals surface area contributed by atoms with E-state index in [2.05, 4.69) is 5.32 Å². The van der Waals surface area contributed by atoms with Crippen LogP contribution >= 0.6 is 0 Å². The summed E-state index contributed by atoms with van der Waals surface area (Å²) in [5.41, 5.74) is -0.0692. The predicted molar refractivity (Wildman–Crippen MR) is 90.2 cm³/mol. The summed E-state index contributed by atoms with van der Waals surface area (Å²) in [5.74, 6) is -1.11. The molecule has 3 aromatic rings. The molecule has 134 valence electrons. The van der Waals surface area contributed by atoms with Crippen molar-refractivity contribution in [2.45, 2.75) is 6.18 Å². The van der Waals surface area contributed by atoms with Gasteiger partial charge in [-0.1, -0.05) is 0 Å². The maximum absolute atomic E-state index is 13.3. The smallest absolute Gasteiger partial charge is 0.418 e. The Morgan fingerprint density at radius 1 is 1.19 bits per heavy atom. The molecule has 0 fully saturated rings. The average Bonchev–Trinajstić information content (AvgIpc) is 2.97. The quantitative estimate of drug-likeness (QED) is 0.683. The number of benzene rings is 2. The van der Waals surface area contributed by atoms with Crippen LogP contribution < -0.4 is 5.32 Å². The van der Waals surface area contributed by atoms with Gasteiger partial charge in [0.15, 0.2) is 6.29 Å². The van der Waals surface area contributed by atoms with Crippen LogP contribution in [-0.4, -0.2) is 29.0 Å². The molecule has 0 spiro atoms. The lowest BCUT2D eigenvalue weighted by atomic mass is 10.1. The lowest BCUT2D eigenvalue weighted by Crippen LogP contribution is -2.09. The van der Waals surface area contributed by atoms with E-state index in [1.54, 1.807) is 0 Å². The molecule has 0 atom stereocenters. The van der Waals surface area contributed by atoms with E-state index in [1.165, 1.54) is 48.1 Å². The molecule has 0 bridgehead atoms. The minimum Gasteiger partial charge on any atom is -0.478 e. The van der Waals surface area contributed by atoms with Gasteiger partial charge in [0.25, 0.3) is 0 Å². The van der Waals surface area contributed by atoms with Crippen LogP contribution in [0.4, 0.5) is 18.9 Å². The highest BCUT2D eigenvalue weighted by Crippen LogP contribution is 2.39. The number of halogens is 3. The van der Waals surface area contributed by atoms with Crippen LogP contribution in [0.5, 0.6) is 0 Å². The molecular weight excluding hydrogens is 349 g/mol. The number of rotatable bonds is 4. The standard InChI is InChI=1S/C18H13F3N2O3/c1-22-15-6-13-11(9-24)8-23(16(13)7-14(15)18(19,20)21)12-4-2-10(3-5-12)17(25)26/h2-9,22H,1H3,(H,25,26). The Kier molecular flexibility index (Phi) is 4.19. The number of aldehydes is 1. The Morgan fingerprint density at radius 3 is 2.35 bits per heavy atom. The molecule has 2 aromatic carbocycles.